The van der Waals surface area contributed by atoms with Crippen LogP contribution in [0, 0.1) is 0 Å². The molecule has 1 aromatic heterocycles. The summed E-state index contributed by atoms with van der Waals surface area (Å²) >= 11 is 0. The van der Waals surface area contributed by atoms with Gasteiger partial charge in [0.25, 0.3) is 5.91 Å². The van der Waals surface area contributed by atoms with Crippen LogP contribution in [0.1, 0.15) is 47.3 Å². The van der Waals surface area contributed by atoms with Gasteiger partial charge in [0.1, 0.15) is 24.9 Å². The van der Waals surface area contributed by atoms with Crippen LogP contribution in [0.4, 0.5) is 0 Å². The van der Waals surface area contributed by atoms with Gasteiger partial charge in [-0.15, -0.1) is 10.2 Å². The van der Waals surface area contributed by atoms with Crippen molar-refractivity contribution >= 4 is 5.91 Å². The maximum Gasteiger partial charge on any atom is 0.254 e. The van der Waals surface area contributed by atoms with Crippen molar-refractivity contribution in [2.24, 2.45) is 0 Å². The van der Waals surface area contributed by atoms with E-state index in [4.69, 9.17) is 9.47 Å². The molecular formula is C21H27N5O3. The van der Waals surface area contributed by atoms with Crippen molar-refractivity contribution in [2.45, 2.75) is 38.3 Å². The summed E-state index contributed by atoms with van der Waals surface area (Å²) in [5, 5.41) is 8.99. The quantitative estimate of drug-likeness (QED) is 0.771. The number of benzene rings is 1. The van der Waals surface area contributed by atoms with Crippen LogP contribution in [-0.2, 0) is 13.0 Å². The molecule has 1 unspecified atom stereocenters. The third-order valence-corrected chi connectivity index (χ3v) is 6.20. The largest absolute Gasteiger partial charge is 0.486 e. The van der Waals surface area contributed by atoms with E-state index >= 15 is 0 Å². The van der Waals surface area contributed by atoms with Crippen LogP contribution in [0.3, 0.4) is 0 Å². The average molecular weight is 397 g/mol. The van der Waals surface area contributed by atoms with Gasteiger partial charge in [-0.2, -0.15) is 0 Å². The number of nitrogens with zero attached hydrogens (tertiary/aromatic N) is 5. The summed E-state index contributed by atoms with van der Waals surface area (Å²) in [4.78, 5) is 17.4. The molecule has 0 N–H and O–H groups in total. The second-order valence-corrected chi connectivity index (χ2v) is 8.02. The van der Waals surface area contributed by atoms with Gasteiger partial charge in [-0.25, -0.2) is 0 Å². The van der Waals surface area contributed by atoms with Crippen molar-refractivity contribution in [3.8, 4) is 11.5 Å². The van der Waals surface area contributed by atoms with Crippen LogP contribution in [0.2, 0.25) is 0 Å². The van der Waals surface area contributed by atoms with Crippen molar-refractivity contribution in [2.75, 3.05) is 39.9 Å². The van der Waals surface area contributed by atoms with E-state index in [0.29, 0.717) is 49.4 Å². The third kappa shape index (κ3) is 3.46. The molecule has 5 rings (SSSR count). The summed E-state index contributed by atoms with van der Waals surface area (Å²) < 4.78 is 13.4. The first kappa shape index (κ1) is 18.4. The van der Waals surface area contributed by atoms with E-state index in [1.807, 2.05) is 17.0 Å². The van der Waals surface area contributed by atoms with Gasteiger partial charge < -0.3 is 18.9 Å². The molecule has 1 fully saturated rings. The standard InChI is InChI=1S/C21H27N5O3/c1-24-8-3-2-4-16(24)20-23-22-19-7-9-25(10-11-26(19)20)21(27)15-5-6-17-18(14-15)29-13-12-28-17/h5-6,14,16H,2-4,7-13H2,1H3. The van der Waals surface area contributed by atoms with Crippen LogP contribution in [0.15, 0.2) is 18.2 Å². The highest BCUT2D eigenvalue weighted by molar-refractivity contribution is 5.95. The van der Waals surface area contributed by atoms with Crippen molar-refractivity contribution in [3.05, 3.63) is 35.4 Å². The van der Waals surface area contributed by atoms with Crippen molar-refractivity contribution in [1.82, 2.24) is 24.6 Å². The summed E-state index contributed by atoms with van der Waals surface area (Å²) in [5.41, 5.74) is 0.638. The molecule has 154 valence electrons. The summed E-state index contributed by atoms with van der Waals surface area (Å²) in [6.07, 6.45) is 4.31. The molecule has 1 saturated heterocycles. The highest BCUT2D eigenvalue weighted by Crippen LogP contribution is 2.32. The SMILES string of the molecule is CN1CCCCC1c1nnc2n1CCN(C(=O)c1ccc3c(c1)OCCO3)CC2. The van der Waals surface area contributed by atoms with E-state index in [9.17, 15) is 4.79 Å². The minimum atomic E-state index is 0.0250. The third-order valence-electron chi connectivity index (χ3n) is 6.20. The molecule has 8 heteroatoms. The van der Waals surface area contributed by atoms with Gasteiger partial charge in [-0.05, 0) is 44.6 Å². The summed E-state index contributed by atoms with van der Waals surface area (Å²) in [6, 6.07) is 5.77. The Hall–Kier alpha value is -2.61. The molecule has 3 aliphatic rings. The Kier molecular flexibility index (Phi) is 4.87. The summed E-state index contributed by atoms with van der Waals surface area (Å²) in [5.74, 6) is 3.41. The molecule has 8 nitrogen and oxygen atoms in total. The molecule has 3 aliphatic heterocycles. The van der Waals surface area contributed by atoms with Gasteiger partial charge in [0, 0.05) is 31.6 Å². The van der Waals surface area contributed by atoms with Gasteiger partial charge in [-0.1, -0.05) is 6.42 Å². The lowest BCUT2D eigenvalue weighted by Crippen LogP contribution is -2.35. The van der Waals surface area contributed by atoms with Gasteiger partial charge in [0.15, 0.2) is 11.5 Å². The number of aromatic nitrogens is 3. The van der Waals surface area contributed by atoms with E-state index in [-0.39, 0.29) is 5.91 Å². The fraction of sp³-hybridized carbons (Fsp3) is 0.571. The summed E-state index contributed by atoms with van der Waals surface area (Å²) in [7, 11) is 2.17. The van der Waals surface area contributed by atoms with Crippen molar-refractivity contribution < 1.29 is 14.3 Å². The first-order valence-corrected chi connectivity index (χ1v) is 10.5. The Labute approximate surface area is 170 Å². The molecule has 1 amide bonds. The number of ether oxygens (including phenoxy) is 2. The zero-order valence-corrected chi connectivity index (χ0v) is 16.8. The molecule has 0 bridgehead atoms. The lowest BCUT2D eigenvalue weighted by Gasteiger charge is -2.32. The highest BCUT2D eigenvalue weighted by Gasteiger charge is 2.29. The second kappa shape index (κ2) is 7.67. The molecule has 0 aliphatic carbocycles. The van der Waals surface area contributed by atoms with Crippen molar-refractivity contribution in [1.29, 1.82) is 0 Å². The molecular weight excluding hydrogens is 370 g/mol. The Bertz CT molecular complexity index is 912. The monoisotopic (exact) mass is 397 g/mol. The van der Waals surface area contributed by atoms with E-state index in [0.717, 1.165) is 37.6 Å². The Morgan fingerprint density at radius 3 is 2.76 bits per heavy atom. The van der Waals surface area contributed by atoms with Crippen LogP contribution < -0.4 is 9.47 Å². The van der Waals surface area contributed by atoms with E-state index in [1.165, 1.54) is 12.8 Å². The van der Waals surface area contributed by atoms with E-state index < -0.39 is 0 Å². The molecule has 0 radical (unpaired) electrons. The highest BCUT2D eigenvalue weighted by atomic mass is 16.6. The smallest absolute Gasteiger partial charge is 0.254 e. The minimum Gasteiger partial charge on any atom is -0.486 e. The number of rotatable bonds is 2. The van der Waals surface area contributed by atoms with E-state index in [1.54, 1.807) is 6.07 Å². The van der Waals surface area contributed by atoms with Crippen LogP contribution in [0.25, 0.3) is 0 Å². The Morgan fingerprint density at radius 1 is 1.03 bits per heavy atom. The molecule has 4 heterocycles. The molecule has 0 saturated carbocycles. The number of carbonyl (C=O) groups is 1. The maximum atomic E-state index is 13.1. The van der Waals surface area contributed by atoms with Gasteiger partial charge in [0.2, 0.25) is 0 Å². The van der Waals surface area contributed by atoms with Gasteiger partial charge in [-0.3, -0.25) is 9.69 Å². The first-order chi connectivity index (χ1) is 14.2. The fourth-order valence-corrected chi connectivity index (χ4v) is 4.56. The number of piperidine rings is 1. The molecule has 2 aromatic rings. The lowest BCUT2D eigenvalue weighted by molar-refractivity contribution is 0.0756. The zero-order chi connectivity index (χ0) is 19.8. The average Bonchev–Trinajstić information content (AvgIpc) is 3.04. The van der Waals surface area contributed by atoms with Crippen LogP contribution >= 0.6 is 0 Å². The van der Waals surface area contributed by atoms with Crippen molar-refractivity contribution in [3.63, 3.8) is 0 Å². The number of hydrogen-bond acceptors (Lipinski definition) is 6. The second-order valence-electron chi connectivity index (χ2n) is 8.02. The van der Waals surface area contributed by atoms with E-state index in [2.05, 4.69) is 26.7 Å². The predicted octanol–water partition coefficient (Wildman–Crippen LogP) is 1.90. The fourth-order valence-electron chi connectivity index (χ4n) is 4.56. The molecule has 0 spiro atoms. The summed E-state index contributed by atoms with van der Waals surface area (Å²) in [6.45, 7) is 4.19. The molecule has 1 aromatic carbocycles. The van der Waals surface area contributed by atoms with Crippen LogP contribution in [-0.4, -0.2) is 70.4 Å². The Balaban J connectivity index is 1.32. The van der Waals surface area contributed by atoms with Crippen LogP contribution in [0.5, 0.6) is 11.5 Å². The molecule has 1 atom stereocenters. The normalized spacial score (nSPS) is 22.1. The topological polar surface area (TPSA) is 72.7 Å². The predicted molar refractivity (Wildman–Crippen MR) is 106 cm³/mol. The zero-order valence-electron chi connectivity index (χ0n) is 16.8. The maximum absolute atomic E-state index is 13.1. The lowest BCUT2D eigenvalue weighted by atomic mass is 10.0. The number of hydrogen-bond donors (Lipinski definition) is 0. The Morgan fingerprint density at radius 2 is 1.90 bits per heavy atom. The number of amides is 1. The first-order valence-electron chi connectivity index (χ1n) is 10.5. The number of likely N-dealkylation sites (tertiary alicyclic amines) is 1. The number of fused-ring (bicyclic) bond motifs is 2. The van der Waals surface area contributed by atoms with Gasteiger partial charge in [0.05, 0.1) is 6.04 Å². The van der Waals surface area contributed by atoms with Gasteiger partial charge >= 0.3 is 0 Å². The minimum absolute atomic E-state index is 0.0250. The number of carbonyl (C=O) groups excluding carboxylic acids is 1. The molecule has 29 heavy (non-hydrogen) atoms.